The van der Waals surface area contributed by atoms with Gasteiger partial charge in [-0.15, -0.1) is 0 Å². The van der Waals surface area contributed by atoms with E-state index >= 15 is 0 Å². The van der Waals surface area contributed by atoms with Gasteiger partial charge in [0.15, 0.2) is 5.16 Å². The van der Waals surface area contributed by atoms with E-state index < -0.39 is 0 Å². The summed E-state index contributed by atoms with van der Waals surface area (Å²) < 4.78 is 0. The summed E-state index contributed by atoms with van der Waals surface area (Å²) in [6.07, 6.45) is 1.53. The lowest BCUT2D eigenvalue weighted by molar-refractivity contribution is 0.562. The first-order chi connectivity index (χ1) is 6.24. The number of H-pyrrole nitrogens is 1. The highest BCUT2D eigenvalue weighted by atomic mass is 32.2. The maximum Gasteiger partial charge on any atom is 0.183 e. The predicted molar refractivity (Wildman–Crippen MR) is 54.8 cm³/mol. The zero-order valence-electron chi connectivity index (χ0n) is 8.24. The molecule has 4 nitrogen and oxygen atoms in total. The maximum absolute atomic E-state index is 4.07. The van der Waals surface area contributed by atoms with E-state index in [1.807, 2.05) is 0 Å². The summed E-state index contributed by atoms with van der Waals surface area (Å²) in [7, 11) is 0. The Balaban J connectivity index is 2.36. The van der Waals surface area contributed by atoms with E-state index in [9.17, 15) is 0 Å². The molecule has 0 aromatic carbocycles. The third kappa shape index (κ3) is 3.36. The third-order valence-electron chi connectivity index (χ3n) is 1.92. The van der Waals surface area contributed by atoms with Crippen LogP contribution < -0.4 is 5.32 Å². The Morgan fingerprint density at radius 1 is 1.62 bits per heavy atom. The van der Waals surface area contributed by atoms with E-state index in [2.05, 4.69) is 41.3 Å². The first-order valence-corrected chi connectivity index (χ1v) is 5.37. The van der Waals surface area contributed by atoms with Gasteiger partial charge < -0.3 is 5.32 Å². The molecule has 74 valence electrons. The summed E-state index contributed by atoms with van der Waals surface area (Å²) in [5.74, 6) is 0. The lowest BCUT2D eigenvalue weighted by Crippen LogP contribution is -2.33. The van der Waals surface area contributed by atoms with Crippen LogP contribution in [0.2, 0.25) is 0 Å². The van der Waals surface area contributed by atoms with E-state index in [0.29, 0.717) is 11.3 Å². The summed E-state index contributed by atoms with van der Waals surface area (Å²) in [5.41, 5.74) is 0. The highest BCUT2D eigenvalue weighted by Crippen LogP contribution is 2.20. The second-order valence-corrected chi connectivity index (χ2v) is 4.33. The largest absolute Gasteiger partial charge is 0.313 e. The van der Waals surface area contributed by atoms with Crippen LogP contribution >= 0.6 is 11.8 Å². The van der Waals surface area contributed by atoms with Crippen molar-refractivity contribution in [1.82, 2.24) is 20.5 Å². The minimum absolute atomic E-state index is 0.486. The number of aromatic nitrogens is 3. The lowest BCUT2D eigenvalue weighted by atomic mass is 10.2. The van der Waals surface area contributed by atoms with Gasteiger partial charge in [0.25, 0.3) is 0 Å². The van der Waals surface area contributed by atoms with Crippen molar-refractivity contribution >= 4 is 11.8 Å². The molecule has 5 heteroatoms. The molecule has 0 spiro atoms. The SMILES string of the molecule is CCNC(C)C(C)Sc1ncn[nH]1. The Kier molecular flexibility index (Phi) is 4.24. The maximum atomic E-state index is 4.07. The molecule has 0 radical (unpaired) electrons. The number of aromatic amines is 1. The molecule has 0 aliphatic rings. The molecule has 0 aliphatic heterocycles. The van der Waals surface area contributed by atoms with Crippen LogP contribution in [-0.2, 0) is 0 Å². The average molecular weight is 200 g/mol. The van der Waals surface area contributed by atoms with Crippen molar-refractivity contribution in [2.75, 3.05) is 6.54 Å². The van der Waals surface area contributed by atoms with Crippen LogP contribution in [0, 0.1) is 0 Å². The van der Waals surface area contributed by atoms with Crippen molar-refractivity contribution in [2.45, 2.75) is 37.2 Å². The molecule has 0 saturated carbocycles. The zero-order chi connectivity index (χ0) is 9.68. The quantitative estimate of drug-likeness (QED) is 0.703. The van der Waals surface area contributed by atoms with Crippen LogP contribution in [-0.4, -0.2) is 33.0 Å². The molecule has 2 N–H and O–H groups in total. The molecule has 13 heavy (non-hydrogen) atoms. The fourth-order valence-corrected chi connectivity index (χ4v) is 1.88. The Morgan fingerprint density at radius 3 is 2.92 bits per heavy atom. The standard InChI is InChI=1S/C8H16N4S/c1-4-9-6(2)7(3)13-8-10-5-11-12-8/h5-7,9H,4H2,1-3H3,(H,10,11,12). The number of hydrogen-bond acceptors (Lipinski definition) is 4. The molecule has 1 aromatic heterocycles. The van der Waals surface area contributed by atoms with E-state index in [1.165, 1.54) is 6.33 Å². The second kappa shape index (κ2) is 5.24. The van der Waals surface area contributed by atoms with Crippen LogP contribution in [0.25, 0.3) is 0 Å². The molecule has 2 unspecified atom stereocenters. The van der Waals surface area contributed by atoms with Crippen molar-refractivity contribution in [2.24, 2.45) is 0 Å². The summed E-state index contributed by atoms with van der Waals surface area (Å²) >= 11 is 1.71. The van der Waals surface area contributed by atoms with E-state index in [1.54, 1.807) is 11.8 Å². The lowest BCUT2D eigenvalue weighted by Gasteiger charge is -2.18. The van der Waals surface area contributed by atoms with E-state index in [-0.39, 0.29) is 0 Å². The normalized spacial score (nSPS) is 15.6. The minimum Gasteiger partial charge on any atom is -0.313 e. The fraction of sp³-hybridized carbons (Fsp3) is 0.750. The smallest absolute Gasteiger partial charge is 0.183 e. The second-order valence-electron chi connectivity index (χ2n) is 2.96. The monoisotopic (exact) mass is 200 g/mol. The van der Waals surface area contributed by atoms with Gasteiger partial charge in [0, 0.05) is 11.3 Å². The Labute approximate surface area is 82.9 Å². The van der Waals surface area contributed by atoms with Crippen molar-refractivity contribution in [1.29, 1.82) is 0 Å². The van der Waals surface area contributed by atoms with Gasteiger partial charge >= 0.3 is 0 Å². The van der Waals surface area contributed by atoms with Crippen molar-refractivity contribution in [3.05, 3.63) is 6.33 Å². The summed E-state index contributed by atoms with van der Waals surface area (Å²) in [6, 6.07) is 0.486. The van der Waals surface area contributed by atoms with Crippen LogP contribution in [0.5, 0.6) is 0 Å². The van der Waals surface area contributed by atoms with Gasteiger partial charge in [-0.25, -0.2) is 4.98 Å². The number of nitrogens with one attached hydrogen (secondary N) is 2. The highest BCUT2D eigenvalue weighted by Gasteiger charge is 2.13. The molecule has 1 heterocycles. The van der Waals surface area contributed by atoms with Gasteiger partial charge in [0.2, 0.25) is 0 Å². The van der Waals surface area contributed by atoms with Crippen LogP contribution in [0.4, 0.5) is 0 Å². The van der Waals surface area contributed by atoms with Crippen molar-refractivity contribution < 1.29 is 0 Å². The fourth-order valence-electron chi connectivity index (χ4n) is 1.02. The summed E-state index contributed by atoms with van der Waals surface area (Å²) in [6.45, 7) is 7.48. The summed E-state index contributed by atoms with van der Waals surface area (Å²) in [4.78, 5) is 4.07. The Hall–Kier alpha value is -0.550. The molecule has 2 atom stereocenters. The molecule has 0 amide bonds. The van der Waals surface area contributed by atoms with E-state index in [0.717, 1.165) is 11.7 Å². The average Bonchev–Trinajstić information content (AvgIpc) is 2.57. The van der Waals surface area contributed by atoms with Gasteiger partial charge in [-0.3, -0.25) is 5.10 Å². The molecule has 1 rings (SSSR count). The van der Waals surface area contributed by atoms with Gasteiger partial charge in [-0.1, -0.05) is 25.6 Å². The molecular weight excluding hydrogens is 184 g/mol. The van der Waals surface area contributed by atoms with Crippen LogP contribution in [0.3, 0.4) is 0 Å². The molecule has 0 aliphatic carbocycles. The van der Waals surface area contributed by atoms with Crippen LogP contribution in [0.15, 0.2) is 11.5 Å². The summed E-state index contributed by atoms with van der Waals surface area (Å²) in [5, 5.41) is 11.4. The minimum atomic E-state index is 0.486. The van der Waals surface area contributed by atoms with E-state index in [4.69, 9.17) is 0 Å². The highest BCUT2D eigenvalue weighted by molar-refractivity contribution is 7.99. The van der Waals surface area contributed by atoms with Gasteiger partial charge in [-0.2, -0.15) is 5.10 Å². The number of thioether (sulfide) groups is 1. The van der Waals surface area contributed by atoms with Crippen LogP contribution in [0.1, 0.15) is 20.8 Å². The number of rotatable bonds is 5. The zero-order valence-corrected chi connectivity index (χ0v) is 9.06. The van der Waals surface area contributed by atoms with Crippen molar-refractivity contribution in [3.63, 3.8) is 0 Å². The van der Waals surface area contributed by atoms with Gasteiger partial charge in [0.1, 0.15) is 6.33 Å². The van der Waals surface area contributed by atoms with Gasteiger partial charge in [-0.05, 0) is 13.5 Å². The predicted octanol–water partition coefficient (Wildman–Crippen LogP) is 1.28. The molecular formula is C8H16N4S. The third-order valence-corrected chi connectivity index (χ3v) is 3.12. The molecule has 0 saturated heterocycles. The molecule has 1 aromatic rings. The Bertz CT molecular complexity index is 224. The molecule has 0 fully saturated rings. The molecule has 0 bridgehead atoms. The van der Waals surface area contributed by atoms with Crippen molar-refractivity contribution in [3.8, 4) is 0 Å². The van der Waals surface area contributed by atoms with Gasteiger partial charge in [0.05, 0.1) is 0 Å². The number of nitrogens with zero attached hydrogens (tertiary/aromatic N) is 2. The number of hydrogen-bond donors (Lipinski definition) is 2. The topological polar surface area (TPSA) is 53.6 Å². The first kappa shape index (κ1) is 10.5. The Morgan fingerprint density at radius 2 is 2.38 bits per heavy atom. The first-order valence-electron chi connectivity index (χ1n) is 4.49.